The number of hydrogen-bond donors (Lipinski definition) is 0. The zero-order valence-electron chi connectivity index (χ0n) is 19.4. The molecule has 0 bridgehead atoms. The van der Waals surface area contributed by atoms with Crippen molar-refractivity contribution in [3.63, 3.8) is 0 Å². The molecular formula is C30H26F4. The Bertz CT molecular complexity index is 1220. The molecule has 0 aliphatic carbocycles. The average molecular weight is 463 g/mol. The first kappa shape index (κ1) is 25.1. The lowest BCUT2D eigenvalue weighted by Gasteiger charge is -2.03. The highest BCUT2D eigenvalue weighted by Gasteiger charge is 2.11. The summed E-state index contributed by atoms with van der Waals surface area (Å²) in [5, 5.41) is 0. The van der Waals surface area contributed by atoms with Gasteiger partial charge in [-0.2, -0.15) is 0 Å². The predicted octanol–water partition coefficient (Wildman–Crippen LogP) is 7.73. The molecule has 3 rings (SSSR count). The van der Waals surface area contributed by atoms with E-state index in [2.05, 4.69) is 30.6 Å². The van der Waals surface area contributed by atoms with E-state index in [0.29, 0.717) is 17.5 Å². The van der Waals surface area contributed by atoms with Crippen molar-refractivity contribution in [2.24, 2.45) is 0 Å². The van der Waals surface area contributed by atoms with Crippen LogP contribution in [0.25, 0.3) is 0 Å². The Kier molecular flexibility index (Phi) is 8.94. The summed E-state index contributed by atoms with van der Waals surface area (Å²) in [6.45, 7) is 4.06. The minimum Gasteiger partial charge on any atom is -0.206 e. The Hall–Kier alpha value is -3.50. The normalized spacial score (nSPS) is 10.3. The van der Waals surface area contributed by atoms with Crippen LogP contribution in [0.1, 0.15) is 72.9 Å². The SMILES string of the molecule is CCCCCc1ccc(C#Cc2c(F)cc(C#Cc3c(F)cc(CCC)cc3F)cc2F)cc1. The fourth-order valence-electron chi connectivity index (χ4n) is 3.55. The maximum atomic E-state index is 14.5. The van der Waals surface area contributed by atoms with Crippen molar-refractivity contribution in [1.29, 1.82) is 0 Å². The highest BCUT2D eigenvalue weighted by Crippen LogP contribution is 2.18. The standard InChI is InChI=1S/C30H26F4/c1-3-5-6-8-21-9-11-22(12-10-21)13-15-25-29(33)19-24(20-30(25)34)14-16-26-27(31)17-23(7-4-2)18-28(26)32/h9-12,17-20H,3-8H2,1-2H3. The van der Waals surface area contributed by atoms with Crippen molar-refractivity contribution in [3.8, 4) is 23.7 Å². The lowest BCUT2D eigenvalue weighted by molar-refractivity contribution is 0.573. The summed E-state index contributed by atoms with van der Waals surface area (Å²) in [6.07, 6.45) is 5.74. The highest BCUT2D eigenvalue weighted by atomic mass is 19.1. The number of aryl methyl sites for hydroxylation is 2. The lowest BCUT2D eigenvalue weighted by atomic mass is 10.0. The van der Waals surface area contributed by atoms with Gasteiger partial charge in [-0.15, -0.1) is 0 Å². The van der Waals surface area contributed by atoms with Gasteiger partial charge in [-0.1, -0.05) is 68.9 Å². The van der Waals surface area contributed by atoms with E-state index < -0.39 is 28.8 Å². The van der Waals surface area contributed by atoms with Crippen LogP contribution in [0.3, 0.4) is 0 Å². The molecule has 174 valence electrons. The van der Waals surface area contributed by atoms with Crippen LogP contribution < -0.4 is 0 Å². The van der Waals surface area contributed by atoms with Crippen molar-refractivity contribution in [2.75, 3.05) is 0 Å². The Balaban J connectivity index is 1.79. The zero-order valence-corrected chi connectivity index (χ0v) is 19.4. The van der Waals surface area contributed by atoms with Gasteiger partial charge >= 0.3 is 0 Å². The molecule has 0 saturated carbocycles. The molecule has 4 heteroatoms. The van der Waals surface area contributed by atoms with Crippen LogP contribution in [-0.2, 0) is 12.8 Å². The Morgan fingerprint density at radius 1 is 0.529 bits per heavy atom. The minimum absolute atomic E-state index is 0.0339. The quantitative estimate of drug-likeness (QED) is 0.200. The second-order valence-corrected chi connectivity index (χ2v) is 8.15. The molecule has 0 aliphatic heterocycles. The van der Waals surface area contributed by atoms with Gasteiger partial charge in [0.2, 0.25) is 0 Å². The third-order valence-electron chi connectivity index (χ3n) is 5.37. The molecule has 0 nitrogen and oxygen atoms in total. The number of rotatable bonds is 6. The van der Waals surface area contributed by atoms with E-state index >= 15 is 0 Å². The van der Waals surface area contributed by atoms with Gasteiger partial charge in [-0.25, -0.2) is 17.6 Å². The van der Waals surface area contributed by atoms with Gasteiger partial charge in [0, 0.05) is 11.1 Å². The van der Waals surface area contributed by atoms with Gasteiger partial charge in [0.1, 0.15) is 23.3 Å². The van der Waals surface area contributed by atoms with E-state index in [1.54, 1.807) is 0 Å². The van der Waals surface area contributed by atoms with Crippen LogP contribution in [0.5, 0.6) is 0 Å². The maximum absolute atomic E-state index is 14.5. The number of hydrogen-bond acceptors (Lipinski definition) is 0. The summed E-state index contributed by atoms with van der Waals surface area (Å²) >= 11 is 0. The number of halogens is 4. The van der Waals surface area contributed by atoms with E-state index in [4.69, 9.17) is 0 Å². The number of unbranched alkanes of at least 4 members (excludes halogenated alkanes) is 2. The van der Waals surface area contributed by atoms with Gasteiger partial charge in [0.05, 0.1) is 11.1 Å². The average Bonchev–Trinajstić information content (AvgIpc) is 2.79. The smallest absolute Gasteiger partial charge is 0.143 e. The summed E-state index contributed by atoms with van der Waals surface area (Å²) in [5.41, 5.74) is 1.55. The van der Waals surface area contributed by atoms with E-state index in [1.807, 2.05) is 31.2 Å². The molecule has 0 aromatic heterocycles. The van der Waals surface area contributed by atoms with Crippen molar-refractivity contribution in [1.82, 2.24) is 0 Å². The van der Waals surface area contributed by atoms with E-state index in [-0.39, 0.29) is 11.1 Å². The summed E-state index contributed by atoms with van der Waals surface area (Å²) < 4.78 is 57.5. The van der Waals surface area contributed by atoms with Gasteiger partial charge in [0.25, 0.3) is 0 Å². The molecule has 0 spiro atoms. The maximum Gasteiger partial charge on any atom is 0.143 e. The van der Waals surface area contributed by atoms with Crippen LogP contribution in [-0.4, -0.2) is 0 Å². The fraction of sp³-hybridized carbons (Fsp3) is 0.267. The number of benzene rings is 3. The topological polar surface area (TPSA) is 0 Å². The highest BCUT2D eigenvalue weighted by molar-refractivity contribution is 5.50. The van der Waals surface area contributed by atoms with E-state index in [9.17, 15) is 17.6 Å². The van der Waals surface area contributed by atoms with Gasteiger partial charge in [-0.3, -0.25) is 0 Å². The molecule has 0 amide bonds. The van der Waals surface area contributed by atoms with Gasteiger partial charge in [0.15, 0.2) is 0 Å². The first-order chi connectivity index (χ1) is 16.4. The van der Waals surface area contributed by atoms with Crippen LogP contribution in [0.2, 0.25) is 0 Å². The molecule has 0 heterocycles. The van der Waals surface area contributed by atoms with E-state index in [1.165, 1.54) is 24.1 Å². The van der Waals surface area contributed by atoms with E-state index in [0.717, 1.165) is 37.8 Å². The molecule has 3 aromatic carbocycles. The molecule has 0 unspecified atom stereocenters. The zero-order chi connectivity index (χ0) is 24.5. The van der Waals surface area contributed by atoms with Gasteiger partial charge in [-0.05, 0) is 66.8 Å². The lowest BCUT2D eigenvalue weighted by Crippen LogP contribution is -1.95. The van der Waals surface area contributed by atoms with Crippen molar-refractivity contribution in [3.05, 3.63) is 105 Å². The fourth-order valence-corrected chi connectivity index (χ4v) is 3.55. The largest absolute Gasteiger partial charge is 0.206 e. The Labute approximate surface area is 199 Å². The summed E-state index contributed by atoms with van der Waals surface area (Å²) in [7, 11) is 0. The molecular weight excluding hydrogens is 436 g/mol. The Morgan fingerprint density at radius 2 is 1.06 bits per heavy atom. The van der Waals surface area contributed by atoms with Crippen LogP contribution in [0, 0.1) is 47.0 Å². The van der Waals surface area contributed by atoms with Crippen LogP contribution >= 0.6 is 0 Å². The Morgan fingerprint density at radius 3 is 1.59 bits per heavy atom. The molecule has 0 atom stereocenters. The molecule has 34 heavy (non-hydrogen) atoms. The summed E-state index contributed by atoms with van der Waals surface area (Å²) in [6, 6.07) is 12.1. The first-order valence-corrected chi connectivity index (χ1v) is 11.5. The van der Waals surface area contributed by atoms with Crippen LogP contribution in [0.4, 0.5) is 17.6 Å². The predicted molar refractivity (Wildman–Crippen MR) is 128 cm³/mol. The van der Waals surface area contributed by atoms with Crippen molar-refractivity contribution < 1.29 is 17.6 Å². The monoisotopic (exact) mass is 462 g/mol. The molecule has 0 N–H and O–H groups in total. The third kappa shape index (κ3) is 6.75. The second kappa shape index (κ2) is 12.1. The second-order valence-electron chi connectivity index (χ2n) is 8.15. The summed E-state index contributed by atoms with van der Waals surface area (Å²) in [5.74, 6) is 6.76. The first-order valence-electron chi connectivity index (χ1n) is 11.5. The third-order valence-corrected chi connectivity index (χ3v) is 5.37. The molecule has 0 fully saturated rings. The minimum atomic E-state index is -0.882. The molecule has 0 radical (unpaired) electrons. The molecule has 3 aromatic rings. The van der Waals surface area contributed by atoms with Crippen LogP contribution in [0.15, 0.2) is 48.5 Å². The van der Waals surface area contributed by atoms with Gasteiger partial charge < -0.3 is 0 Å². The van der Waals surface area contributed by atoms with Crippen molar-refractivity contribution in [2.45, 2.75) is 52.4 Å². The molecule has 0 aliphatic rings. The molecule has 0 saturated heterocycles. The summed E-state index contributed by atoms with van der Waals surface area (Å²) in [4.78, 5) is 0. The van der Waals surface area contributed by atoms with Crippen molar-refractivity contribution >= 4 is 0 Å².